The van der Waals surface area contributed by atoms with Gasteiger partial charge in [-0.15, -0.1) is 0 Å². The fourth-order valence-corrected chi connectivity index (χ4v) is 5.11. The lowest BCUT2D eigenvalue weighted by atomic mass is 9.93. The van der Waals surface area contributed by atoms with Gasteiger partial charge in [0.05, 0.1) is 25.5 Å². The van der Waals surface area contributed by atoms with E-state index < -0.39 is 5.82 Å². The van der Waals surface area contributed by atoms with Crippen molar-refractivity contribution in [2.75, 3.05) is 42.6 Å². The highest BCUT2D eigenvalue weighted by Gasteiger charge is 2.34. The number of halogens is 2. The molecule has 8 nitrogen and oxygen atoms in total. The van der Waals surface area contributed by atoms with Crippen LogP contribution in [-0.4, -0.2) is 52.8 Å². The lowest BCUT2D eigenvalue weighted by molar-refractivity contribution is 0.122. The van der Waals surface area contributed by atoms with E-state index in [1.807, 2.05) is 41.4 Å². The summed E-state index contributed by atoms with van der Waals surface area (Å²) >= 11 is 6.30. The predicted octanol–water partition coefficient (Wildman–Crippen LogP) is 4.01. The van der Waals surface area contributed by atoms with E-state index in [0.717, 1.165) is 47.3 Å². The predicted molar refractivity (Wildman–Crippen MR) is 130 cm³/mol. The summed E-state index contributed by atoms with van der Waals surface area (Å²) in [4.78, 5) is 21.0. The van der Waals surface area contributed by atoms with Crippen LogP contribution in [0.2, 0.25) is 5.02 Å². The molecular weight excluding hydrogens is 469 g/mol. The first-order chi connectivity index (χ1) is 17.1. The fourth-order valence-electron chi connectivity index (χ4n) is 4.94. The van der Waals surface area contributed by atoms with Gasteiger partial charge in [0.2, 0.25) is 5.95 Å². The second kappa shape index (κ2) is 8.80. The van der Waals surface area contributed by atoms with Crippen LogP contribution in [0.5, 0.6) is 0 Å². The third-order valence-corrected chi connectivity index (χ3v) is 6.84. The summed E-state index contributed by atoms with van der Waals surface area (Å²) in [5, 5.41) is 11.1. The number of fused-ring (bicyclic) bond motifs is 3. The van der Waals surface area contributed by atoms with Crippen LogP contribution in [0.25, 0.3) is 10.9 Å². The zero-order chi connectivity index (χ0) is 23.9. The summed E-state index contributed by atoms with van der Waals surface area (Å²) in [6.45, 7) is 3.55. The van der Waals surface area contributed by atoms with Crippen molar-refractivity contribution < 1.29 is 9.13 Å². The number of anilines is 2. The fraction of sp³-hybridized carbons (Fsp3) is 0.280. The number of nitrogens with one attached hydrogen (secondary N) is 1. The molecule has 1 atom stereocenters. The first-order valence-corrected chi connectivity index (χ1v) is 11.8. The van der Waals surface area contributed by atoms with Crippen molar-refractivity contribution in [3.63, 3.8) is 0 Å². The van der Waals surface area contributed by atoms with E-state index in [-0.39, 0.29) is 11.7 Å². The Labute approximate surface area is 205 Å². The van der Waals surface area contributed by atoms with Crippen molar-refractivity contribution in [2.24, 2.45) is 0 Å². The molecule has 0 amide bonds. The maximum Gasteiger partial charge on any atom is 0.227 e. The molecule has 176 valence electrons. The molecule has 4 aromatic rings. The molecule has 2 aliphatic heterocycles. The van der Waals surface area contributed by atoms with Crippen molar-refractivity contribution >= 4 is 34.3 Å². The first-order valence-electron chi connectivity index (χ1n) is 11.4. The number of morpholine rings is 1. The van der Waals surface area contributed by atoms with Gasteiger partial charge < -0.3 is 19.5 Å². The molecule has 0 bridgehead atoms. The van der Waals surface area contributed by atoms with E-state index in [1.54, 1.807) is 0 Å². The van der Waals surface area contributed by atoms with Crippen LogP contribution in [0.1, 0.15) is 28.6 Å². The average molecular weight is 490 g/mol. The number of H-pyrrole nitrogens is 1. The Morgan fingerprint density at radius 1 is 1.11 bits per heavy atom. The number of benzene rings is 1. The van der Waals surface area contributed by atoms with Gasteiger partial charge in [0.1, 0.15) is 11.9 Å². The number of ether oxygens (including phenoxy) is 1. The highest BCUT2D eigenvalue weighted by Crippen LogP contribution is 2.40. The zero-order valence-corrected chi connectivity index (χ0v) is 19.5. The molecule has 1 fully saturated rings. The quantitative estimate of drug-likeness (QED) is 0.464. The van der Waals surface area contributed by atoms with Crippen molar-refractivity contribution in [3.8, 4) is 6.07 Å². The van der Waals surface area contributed by atoms with Gasteiger partial charge in [0, 0.05) is 47.5 Å². The Hall–Kier alpha value is -3.74. The molecule has 5 heterocycles. The largest absolute Gasteiger partial charge is 0.378 e. The number of hydrogen-bond acceptors (Lipinski definition) is 7. The highest BCUT2D eigenvalue weighted by atomic mass is 35.5. The van der Waals surface area contributed by atoms with Gasteiger partial charge >= 0.3 is 0 Å². The third kappa shape index (κ3) is 3.85. The van der Waals surface area contributed by atoms with E-state index >= 15 is 0 Å². The molecule has 1 aromatic carbocycles. The lowest BCUT2D eigenvalue weighted by Crippen LogP contribution is -2.38. The molecule has 2 aliphatic rings. The van der Waals surface area contributed by atoms with Crippen molar-refractivity contribution in [3.05, 3.63) is 76.1 Å². The minimum absolute atomic E-state index is 0.274. The number of hydrogen-bond donors (Lipinski definition) is 1. The van der Waals surface area contributed by atoms with Crippen molar-refractivity contribution in [2.45, 2.75) is 12.5 Å². The van der Waals surface area contributed by atoms with Gasteiger partial charge in [-0.1, -0.05) is 17.7 Å². The normalized spacial score (nSPS) is 17.9. The van der Waals surface area contributed by atoms with Crippen LogP contribution in [0.15, 0.2) is 42.7 Å². The van der Waals surface area contributed by atoms with Crippen LogP contribution < -0.4 is 9.80 Å². The molecular formula is C25H21ClFN7O. The molecule has 0 spiro atoms. The van der Waals surface area contributed by atoms with E-state index in [0.29, 0.717) is 37.2 Å². The van der Waals surface area contributed by atoms with E-state index in [9.17, 15) is 9.65 Å². The zero-order valence-electron chi connectivity index (χ0n) is 18.7. The molecule has 0 saturated carbocycles. The Morgan fingerprint density at radius 3 is 2.74 bits per heavy atom. The summed E-state index contributed by atoms with van der Waals surface area (Å²) in [7, 11) is 0. The first kappa shape index (κ1) is 21.8. The number of nitrogens with zero attached hydrogens (tertiary/aromatic N) is 6. The van der Waals surface area contributed by atoms with Gasteiger partial charge in [-0.2, -0.15) is 10.2 Å². The Balaban J connectivity index is 1.46. The molecule has 1 saturated heterocycles. The highest BCUT2D eigenvalue weighted by molar-refractivity contribution is 6.31. The van der Waals surface area contributed by atoms with E-state index in [1.165, 1.54) is 5.56 Å². The number of nitriles is 1. The molecule has 0 aliphatic carbocycles. The standard InChI is InChI=1S/C25H21ClFN7O/c26-16-2-3-20-18(11-16)17-5-6-34(25-30-14-19(27)21(12-28)32-25)24(23(17)31-20)15-1-4-22(29-13-15)33-7-9-35-10-8-33/h1-4,11,13-14,24,31H,5-10H2. The second-order valence-electron chi connectivity index (χ2n) is 8.58. The molecule has 0 radical (unpaired) electrons. The third-order valence-electron chi connectivity index (χ3n) is 6.60. The minimum atomic E-state index is -0.734. The maximum absolute atomic E-state index is 14.0. The number of rotatable bonds is 3. The molecule has 35 heavy (non-hydrogen) atoms. The smallest absolute Gasteiger partial charge is 0.227 e. The van der Waals surface area contributed by atoms with E-state index in [2.05, 4.69) is 25.9 Å². The Bertz CT molecular complexity index is 1440. The van der Waals surface area contributed by atoms with Gasteiger partial charge in [0.25, 0.3) is 0 Å². The summed E-state index contributed by atoms with van der Waals surface area (Å²) in [5.41, 5.74) is 3.81. The van der Waals surface area contributed by atoms with Gasteiger partial charge in [-0.05, 0) is 41.8 Å². The molecule has 1 N–H and O–H groups in total. The SMILES string of the molecule is N#Cc1nc(N2CCc3c([nH]c4ccc(Cl)cc34)C2c2ccc(N3CCOCC3)nc2)ncc1F. The summed E-state index contributed by atoms with van der Waals surface area (Å²) in [6, 6.07) is 11.4. The molecule has 3 aromatic heterocycles. The topological polar surface area (TPSA) is 94.0 Å². The summed E-state index contributed by atoms with van der Waals surface area (Å²) < 4.78 is 19.4. The number of aromatic amines is 1. The molecule has 6 rings (SSSR count). The minimum Gasteiger partial charge on any atom is -0.378 e. The number of pyridine rings is 1. The average Bonchev–Trinajstić information content (AvgIpc) is 3.27. The molecule has 10 heteroatoms. The van der Waals surface area contributed by atoms with Gasteiger partial charge in [-0.3, -0.25) is 0 Å². The Morgan fingerprint density at radius 2 is 1.97 bits per heavy atom. The monoisotopic (exact) mass is 489 g/mol. The van der Waals surface area contributed by atoms with E-state index in [4.69, 9.17) is 21.3 Å². The van der Waals surface area contributed by atoms with Gasteiger partial charge in [0.15, 0.2) is 11.5 Å². The number of aromatic nitrogens is 4. The van der Waals surface area contributed by atoms with Crippen LogP contribution in [0.3, 0.4) is 0 Å². The maximum atomic E-state index is 14.0. The van der Waals surface area contributed by atoms with Crippen molar-refractivity contribution in [1.82, 2.24) is 19.9 Å². The lowest BCUT2D eigenvalue weighted by Gasteiger charge is -2.36. The van der Waals surface area contributed by atoms with Crippen LogP contribution in [0.4, 0.5) is 16.2 Å². The van der Waals surface area contributed by atoms with Crippen molar-refractivity contribution in [1.29, 1.82) is 5.26 Å². The molecule has 1 unspecified atom stereocenters. The van der Waals surface area contributed by atoms with Crippen LogP contribution in [0, 0.1) is 17.1 Å². The van der Waals surface area contributed by atoms with Crippen LogP contribution >= 0.6 is 11.6 Å². The summed E-state index contributed by atoms with van der Waals surface area (Å²) in [6.07, 6.45) is 3.64. The summed E-state index contributed by atoms with van der Waals surface area (Å²) in [5.74, 6) is 0.461. The van der Waals surface area contributed by atoms with Crippen LogP contribution in [-0.2, 0) is 11.2 Å². The second-order valence-corrected chi connectivity index (χ2v) is 9.02. The Kier molecular flexibility index (Phi) is 5.47. The van der Waals surface area contributed by atoms with Gasteiger partial charge in [-0.25, -0.2) is 14.4 Å².